The van der Waals surface area contributed by atoms with Crippen LogP contribution in [0.5, 0.6) is 0 Å². The maximum absolute atomic E-state index is 8.85. The Hall–Kier alpha value is -1.25. The number of aliphatic hydroxyl groups excluding tert-OH is 1. The minimum absolute atomic E-state index is 0.0125. The number of halogens is 2. The van der Waals surface area contributed by atoms with Crippen LogP contribution in [0, 0.1) is 0 Å². The van der Waals surface area contributed by atoms with Gasteiger partial charge in [-0.25, -0.2) is 0 Å². The molecule has 0 radical (unpaired) electrons. The van der Waals surface area contributed by atoms with Gasteiger partial charge in [-0.15, -0.1) is 0 Å². The molecule has 0 unspecified atom stereocenters. The molecule has 37 heavy (non-hydrogen) atoms. The maximum atomic E-state index is 8.85. The van der Waals surface area contributed by atoms with E-state index in [2.05, 4.69) is 94.5 Å². The molecule has 0 aliphatic carbocycles. The van der Waals surface area contributed by atoms with Gasteiger partial charge >= 0.3 is 7.12 Å². The summed E-state index contributed by atoms with van der Waals surface area (Å²) in [5, 5.41) is 39.1. The van der Waals surface area contributed by atoms with E-state index in [1.807, 2.05) is 31.9 Å². The molecule has 0 bridgehead atoms. The third kappa shape index (κ3) is 12.9. The Morgan fingerprint density at radius 2 is 1.14 bits per heavy atom. The summed E-state index contributed by atoms with van der Waals surface area (Å²) in [6, 6.07) is 0. The van der Waals surface area contributed by atoms with Gasteiger partial charge in [-0.3, -0.25) is 14.0 Å². The molecule has 0 amide bonds. The molecule has 0 aliphatic rings. The zero-order valence-corrected chi connectivity index (χ0v) is 28.4. The smallest absolute Gasteiger partial charge is 0.423 e. The second-order valence-electron chi connectivity index (χ2n) is 10.6. The predicted octanol–water partition coefficient (Wildman–Crippen LogP) is 4.21. The van der Waals surface area contributed by atoms with E-state index in [1.165, 1.54) is 0 Å². The van der Waals surface area contributed by atoms with Crippen molar-refractivity contribution in [1.82, 2.24) is 29.3 Å². The zero-order valence-electron chi connectivity index (χ0n) is 24.2. The topological polar surface area (TPSA) is 114 Å². The van der Waals surface area contributed by atoms with E-state index >= 15 is 0 Å². The molecule has 0 aliphatic heterocycles. The molecule has 0 saturated carbocycles. The molecule has 0 atom stereocenters. The van der Waals surface area contributed by atoms with Crippen LogP contribution in [0.4, 0.5) is 0 Å². The van der Waals surface area contributed by atoms with E-state index in [0.717, 1.165) is 26.8 Å². The molecule has 3 N–H and O–H groups in total. The van der Waals surface area contributed by atoms with E-state index < -0.39 is 15.2 Å². The summed E-state index contributed by atoms with van der Waals surface area (Å²) < 4.78 is 6.99. The maximum Gasteiger partial charge on any atom is 0.491 e. The summed E-state index contributed by atoms with van der Waals surface area (Å²) >= 11 is 6.63. The average Bonchev–Trinajstić information content (AvgIpc) is 3.42. The lowest BCUT2D eigenvalue weighted by Crippen LogP contribution is -2.32. The van der Waals surface area contributed by atoms with Gasteiger partial charge in [-0.2, -0.15) is 15.3 Å². The standard InChI is InChI=1S/C7H18Si.C6H11BN2O2.C6H9BrN2.C5H7BrN2O/c1-7(2,3)8(4,5)6;1-3-6-5(7(10)11)4-9(2)8-6;1-3-6-5(7)4-9(2)8-6;1-8-2-4(6)5(3-9)7-8/h1-6H3;4,10-11H,3H2,1-2H3;4H,3H2,1-2H3;2,9H,3H2,1H3. The van der Waals surface area contributed by atoms with E-state index in [0.29, 0.717) is 22.6 Å². The highest BCUT2D eigenvalue weighted by molar-refractivity contribution is 9.10. The number of aryl methyl sites for hydroxylation is 5. The normalized spacial score (nSPS) is 11.0. The van der Waals surface area contributed by atoms with Gasteiger partial charge in [0.25, 0.3) is 0 Å². The molecule has 0 fully saturated rings. The predicted molar refractivity (Wildman–Crippen MR) is 163 cm³/mol. The van der Waals surface area contributed by atoms with Gasteiger partial charge in [-0.1, -0.05) is 54.3 Å². The van der Waals surface area contributed by atoms with E-state index in [1.54, 1.807) is 28.8 Å². The fourth-order valence-electron chi connectivity index (χ4n) is 2.40. The molecule has 3 heterocycles. The largest absolute Gasteiger partial charge is 0.491 e. The first kappa shape index (κ1) is 35.8. The van der Waals surface area contributed by atoms with Crippen molar-refractivity contribution < 1.29 is 15.2 Å². The summed E-state index contributed by atoms with van der Waals surface area (Å²) in [5.41, 5.74) is 3.03. The minimum atomic E-state index is -1.40. The molecule has 0 spiro atoms. The monoisotopic (exact) mass is 662 g/mol. The molecule has 3 aromatic heterocycles. The summed E-state index contributed by atoms with van der Waals surface area (Å²) in [6.45, 7) is 18.2. The van der Waals surface area contributed by atoms with Crippen molar-refractivity contribution in [2.24, 2.45) is 21.1 Å². The first-order chi connectivity index (χ1) is 16.9. The molecule has 3 rings (SSSR count). The van der Waals surface area contributed by atoms with E-state index in [4.69, 9.17) is 15.2 Å². The fraction of sp³-hybridized carbons (Fsp3) is 0.625. The van der Waals surface area contributed by atoms with Crippen LogP contribution in [0.1, 0.15) is 51.7 Å². The van der Waals surface area contributed by atoms with Crippen molar-refractivity contribution in [2.75, 3.05) is 0 Å². The highest BCUT2D eigenvalue weighted by atomic mass is 79.9. The zero-order chi connectivity index (χ0) is 29.1. The molecule has 210 valence electrons. The first-order valence-corrected chi connectivity index (χ1v) is 17.3. The number of aromatic nitrogens is 6. The molecule has 3 aromatic rings. The Morgan fingerprint density at radius 3 is 1.32 bits per heavy atom. The number of hydrogen-bond acceptors (Lipinski definition) is 6. The van der Waals surface area contributed by atoms with Gasteiger partial charge in [0, 0.05) is 53.3 Å². The highest BCUT2D eigenvalue weighted by Gasteiger charge is 2.29. The van der Waals surface area contributed by atoms with E-state index in [-0.39, 0.29) is 6.61 Å². The summed E-state index contributed by atoms with van der Waals surface area (Å²) in [4.78, 5) is 0. The van der Waals surface area contributed by atoms with Crippen LogP contribution in [0.15, 0.2) is 27.5 Å². The summed E-state index contributed by atoms with van der Waals surface area (Å²) in [6.07, 6.45) is 7.07. The molecule has 9 nitrogen and oxygen atoms in total. The molecule has 0 aromatic carbocycles. The van der Waals surface area contributed by atoms with Gasteiger partial charge in [-0.05, 0) is 49.7 Å². The minimum Gasteiger partial charge on any atom is -0.423 e. The van der Waals surface area contributed by atoms with Crippen LogP contribution in [-0.2, 0) is 40.6 Å². The number of aliphatic hydroxyl groups is 1. The Bertz CT molecular complexity index is 1010. The van der Waals surface area contributed by atoms with Crippen LogP contribution < -0.4 is 5.46 Å². The third-order valence-corrected chi connectivity index (χ3v) is 11.8. The first-order valence-electron chi connectivity index (χ1n) is 12.2. The van der Waals surface area contributed by atoms with Crippen molar-refractivity contribution in [3.8, 4) is 0 Å². The quantitative estimate of drug-likeness (QED) is 0.361. The van der Waals surface area contributed by atoms with Crippen LogP contribution in [0.25, 0.3) is 0 Å². The van der Waals surface area contributed by atoms with Gasteiger partial charge in [0.1, 0.15) is 5.69 Å². The van der Waals surface area contributed by atoms with Crippen LogP contribution in [0.2, 0.25) is 24.7 Å². The van der Waals surface area contributed by atoms with Gasteiger partial charge in [0.2, 0.25) is 0 Å². The van der Waals surface area contributed by atoms with Crippen molar-refractivity contribution in [3.05, 3.63) is 44.6 Å². The van der Waals surface area contributed by atoms with Crippen molar-refractivity contribution in [1.29, 1.82) is 0 Å². The lowest BCUT2D eigenvalue weighted by molar-refractivity contribution is 0.275. The third-order valence-electron chi connectivity index (χ3n) is 5.99. The molecule has 0 saturated heterocycles. The van der Waals surface area contributed by atoms with Gasteiger partial charge in [0.05, 0.1) is 26.9 Å². The summed E-state index contributed by atoms with van der Waals surface area (Å²) in [5.74, 6) is 0. The second-order valence-corrected chi connectivity index (χ2v) is 18.3. The van der Waals surface area contributed by atoms with Crippen LogP contribution >= 0.6 is 31.9 Å². The fourth-order valence-corrected chi connectivity index (χ4v) is 3.56. The molecular formula is C24H45BBr2N6O3Si. The Kier molecular flexibility index (Phi) is 15.5. The number of nitrogens with zero attached hydrogens (tertiary/aromatic N) is 6. The second kappa shape index (κ2) is 16.0. The lowest BCUT2D eigenvalue weighted by Gasteiger charge is -2.32. The summed E-state index contributed by atoms with van der Waals surface area (Å²) in [7, 11) is 3.22. The average molecular weight is 664 g/mol. The van der Waals surface area contributed by atoms with Crippen molar-refractivity contribution >= 4 is 52.5 Å². The highest BCUT2D eigenvalue weighted by Crippen LogP contribution is 2.35. The Morgan fingerprint density at radius 1 is 0.784 bits per heavy atom. The lowest BCUT2D eigenvalue weighted by atomic mass is 9.80. The van der Waals surface area contributed by atoms with Crippen molar-refractivity contribution in [3.63, 3.8) is 0 Å². The van der Waals surface area contributed by atoms with Crippen LogP contribution in [-0.4, -0.2) is 59.7 Å². The number of hydrogen-bond donors (Lipinski definition) is 3. The van der Waals surface area contributed by atoms with E-state index in [9.17, 15) is 0 Å². The van der Waals surface area contributed by atoms with Gasteiger partial charge < -0.3 is 15.2 Å². The molecular weight excluding hydrogens is 619 g/mol. The van der Waals surface area contributed by atoms with Gasteiger partial charge in [0.15, 0.2) is 0 Å². The van der Waals surface area contributed by atoms with Crippen molar-refractivity contribution in [2.45, 2.75) is 78.7 Å². The SMILES string of the molecule is CC(C)(C)[Si](C)(C)C.CCc1nn(C)cc1B(O)O.CCc1nn(C)cc1Br.Cn1cc(Br)c(CO)n1. The van der Waals surface area contributed by atoms with Crippen LogP contribution in [0.3, 0.4) is 0 Å². The Balaban J connectivity index is 0.000000471. The number of rotatable bonds is 4. The Labute approximate surface area is 240 Å². The molecule has 13 heteroatoms.